The van der Waals surface area contributed by atoms with Crippen molar-refractivity contribution in [2.24, 2.45) is 0 Å². The molecular weight excluding hydrogens is 554 g/mol. The van der Waals surface area contributed by atoms with Gasteiger partial charge in [0.15, 0.2) is 0 Å². The van der Waals surface area contributed by atoms with Gasteiger partial charge in [0.1, 0.15) is 0 Å². The van der Waals surface area contributed by atoms with Gasteiger partial charge < -0.3 is 34.0 Å². The van der Waals surface area contributed by atoms with Gasteiger partial charge in [-0.15, -0.1) is 0 Å². The van der Waals surface area contributed by atoms with E-state index >= 15 is 0 Å². The molecule has 0 unspecified atom stereocenters. The van der Waals surface area contributed by atoms with Crippen LogP contribution in [-0.4, -0.2) is 205 Å². The second kappa shape index (κ2) is 31.8. The molecule has 0 aliphatic carbocycles. The third-order valence-corrected chi connectivity index (χ3v) is 6.14. The molecule has 0 radical (unpaired) electrons. The molecule has 0 aliphatic heterocycles. The molecule has 254 valence electrons. The minimum Gasteiger partial charge on any atom is -0.383 e. The van der Waals surface area contributed by atoms with Crippen LogP contribution in [0.2, 0.25) is 0 Å². The molecule has 0 aliphatic rings. The van der Waals surface area contributed by atoms with Crippen LogP contribution >= 0.6 is 0 Å². The van der Waals surface area contributed by atoms with Gasteiger partial charge in [0.2, 0.25) is 0 Å². The molecule has 15 heteroatoms. The minimum atomic E-state index is 0.470. The minimum absolute atomic E-state index is 0.470. The van der Waals surface area contributed by atoms with Crippen molar-refractivity contribution < 1.29 is 48.6 Å². The lowest BCUT2D eigenvalue weighted by molar-refractivity contribution is -0.304. The highest BCUT2D eigenvalue weighted by molar-refractivity contribution is 4.51. The maximum absolute atomic E-state index is 5.27. The molecule has 0 aromatic heterocycles. The van der Waals surface area contributed by atoms with Crippen LogP contribution in [0.15, 0.2) is 0 Å². The Balaban J connectivity index is 3.40. The average Bonchev–Trinajstić information content (AvgIpc) is 2.97. The number of methoxy groups -OCH3 is 2. The van der Waals surface area contributed by atoms with Crippen LogP contribution in [-0.2, 0) is 48.6 Å². The molecule has 0 bridgehead atoms. The van der Waals surface area contributed by atoms with Gasteiger partial charge in [-0.25, -0.2) is 39.1 Å². The van der Waals surface area contributed by atoms with Crippen molar-refractivity contribution in [3.63, 3.8) is 0 Å². The molecule has 0 rings (SSSR count). The Labute approximate surface area is 254 Å². The standard InChI is InChI=1S/C27H61N5O10/c1-28(8-18-33-6)10-20-35-37-22-12-30(3)14-24-39-41-26-16-32(5)17-27-42-40-25-15-31(4)13-23-38-36-21-11-29(2)9-19-34-7/h8-27H2,1-7H3. The Bertz CT molecular complexity index is 504. The van der Waals surface area contributed by atoms with Crippen LogP contribution in [0.1, 0.15) is 0 Å². The van der Waals surface area contributed by atoms with Crippen LogP contribution in [0.4, 0.5) is 0 Å². The quantitative estimate of drug-likeness (QED) is 0.0538. The zero-order valence-electron chi connectivity index (χ0n) is 27.5. The molecule has 0 heterocycles. The van der Waals surface area contributed by atoms with E-state index in [1.165, 1.54) is 0 Å². The van der Waals surface area contributed by atoms with E-state index in [-0.39, 0.29) is 0 Å². The molecule has 0 amide bonds. The summed E-state index contributed by atoms with van der Waals surface area (Å²) in [5, 5.41) is 0. The van der Waals surface area contributed by atoms with Gasteiger partial charge in [-0.05, 0) is 35.2 Å². The molecular formula is C27H61N5O10. The Hall–Kier alpha value is -0.600. The number of hydrogen-bond donors (Lipinski definition) is 0. The first-order valence-electron chi connectivity index (χ1n) is 14.8. The fourth-order valence-electron chi connectivity index (χ4n) is 3.07. The van der Waals surface area contributed by atoms with Gasteiger partial charge in [-0.2, -0.15) is 0 Å². The number of hydrogen-bond acceptors (Lipinski definition) is 15. The van der Waals surface area contributed by atoms with E-state index in [0.717, 1.165) is 65.4 Å². The normalized spacial score (nSPS) is 12.3. The van der Waals surface area contributed by atoms with Crippen LogP contribution in [0.5, 0.6) is 0 Å². The van der Waals surface area contributed by atoms with E-state index in [4.69, 9.17) is 48.6 Å². The van der Waals surface area contributed by atoms with E-state index in [9.17, 15) is 0 Å². The molecule has 0 aromatic carbocycles. The molecule has 15 nitrogen and oxygen atoms in total. The van der Waals surface area contributed by atoms with Crippen molar-refractivity contribution in [3.8, 4) is 0 Å². The molecule has 0 aromatic rings. The number of likely N-dealkylation sites (N-methyl/N-ethyl adjacent to an activating group) is 5. The maximum atomic E-state index is 5.27. The van der Waals surface area contributed by atoms with Gasteiger partial charge >= 0.3 is 0 Å². The fraction of sp³-hybridized carbons (Fsp3) is 1.00. The second-order valence-corrected chi connectivity index (χ2v) is 10.1. The first-order valence-corrected chi connectivity index (χ1v) is 14.8. The summed E-state index contributed by atoms with van der Waals surface area (Å²) >= 11 is 0. The Morgan fingerprint density at radius 2 is 0.405 bits per heavy atom. The Morgan fingerprint density at radius 1 is 0.262 bits per heavy atom. The predicted octanol–water partition coefficient (Wildman–Crippen LogP) is -0.269. The summed E-state index contributed by atoms with van der Waals surface area (Å²) in [5.74, 6) is 0. The lowest BCUT2D eigenvalue weighted by Gasteiger charge is -2.18. The van der Waals surface area contributed by atoms with Gasteiger partial charge in [0, 0.05) is 79.7 Å². The summed E-state index contributed by atoms with van der Waals surface area (Å²) in [7, 11) is 13.4. The molecule has 0 spiro atoms. The lowest BCUT2D eigenvalue weighted by Crippen LogP contribution is -2.30. The molecule has 0 N–H and O–H groups in total. The van der Waals surface area contributed by atoms with E-state index in [2.05, 4.69) is 24.5 Å². The summed E-state index contributed by atoms with van der Waals surface area (Å²) < 4.78 is 10.1. The summed E-state index contributed by atoms with van der Waals surface area (Å²) in [6.07, 6.45) is 0. The van der Waals surface area contributed by atoms with Crippen molar-refractivity contribution in [2.45, 2.75) is 0 Å². The van der Waals surface area contributed by atoms with Crippen LogP contribution in [0.3, 0.4) is 0 Å². The van der Waals surface area contributed by atoms with E-state index in [0.29, 0.717) is 66.1 Å². The van der Waals surface area contributed by atoms with E-state index < -0.39 is 0 Å². The molecule has 42 heavy (non-hydrogen) atoms. The SMILES string of the molecule is COCCN(C)CCOOCCN(C)CCOOCCN(C)CCOOCCN(C)CCOOCCN(C)CCOC. The highest BCUT2D eigenvalue weighted by Gasteiger charge is 2.04. The van der Waals surface area contributed by atoms with Crippen molar-refractivity contribution in [3.05, 3.63) is 0 Å². The summed E-state index contributed by atoms with van der Waals surface area (Å²) in [6.45, 7) is 13.0. The van der Waals surface area contributed by atoms with Crippen molar-refractivity contribution in [1.29, 1.82) is 0 Å². The first kappa shape index (κ1) is 41.4. The summed E-state index contributed by atoms with van der Waals surface area (Å²) in [6, 6.07) is 0. The molecule has 0 fully saturated rings. The number of nitrogens with zero attached hydrogens (tertiary/aromatic N) is 5. The largest absolute Gasteiger partial charge is 0.383 e. The summed E-state index contributed by atoms with van der Waals surface area (Å²) in [4.78, 5) is 52.5. The third kappa shape index (κ3) is 30.8. The van der Waals surface area contributed by atoms with Crippen LogP contribution < -0.4 is 0 Å². The van der Waals surface area contributed by atoms with Crippen molar-refractivity contribution in [1.82, 2.24) is 24.5 Å². The van der Waals surface area contributed by atoms with Gasteiger partial charge in [0.25, 0.3) is 0 Å². The zero-order valence-corrected chi connectivity index (χ0v) is 27.5. The van der Waals surface area contributed by atoms with Gasteiger partial charge in [-0.3, -0.25) is 0 Å². The number of ether oxygens (including phenoxy) is 2. The highest BCUT2D eigenvalue weighted by atomic mass is 17.2. The van der Waals surface area contributed by atoms with E-state index in [1.807, 2.05) is 35.2 Å². The molecule has 0 atom stereocenters. The van der Waals surface area contributed by atoms with Crippen molar-refractivity contribution in [2.75, 3.05) is 181 Å². The summed E-state index contributed by atoms with van der Waals surface area (Å²) in [5.41, 5.74) is 0. The molecule has 0 saturated carbocycles. The van der Waals surface area contributed by atoms with E-state index in [1.54, 1.807) is 14.2 Å². The predicted molar refractivity (Wildman–Crippen MR) is 159 cm³/mol. The topological polar surface area (TPSA) is 109 Å². The van der Waals surface area contributed by atoms with Crippen LogP contribution in [0.25, 0.3) is 0 Å². The van der Waals surface area contributed by atoms with Gasteiger partial charge in [-0.1, -0.05) is 0 Å². The number of rotatable bonds is 34. The highest BCUT2D eigenvalue weighted by Crippen LogP contribution is 1.92. The Kier molecular flexibility index (Phi) is 31.4. The monoisotopic (exact) mass is 615 g/mol. The zero-order chi connectivity index (χ0) is 31.1. The average molecular weight is 616 g/mol. The van der Waals surface area contributed by atoms with Crippen LogP contribution in [0, 0.1) is 0 Å². The van der Waals surface area contributed by atoms with Crippen molar-refractivity contribution >= 4 is 0 Å². The Morgan fingerprint density at radius 3 is 0.548 bits per heavy atom. The molecule has 0 saturated heterocycles. The maximum Gasteiger partial charge on any atom is 0.0949 e. The fourth-order valence-corrected chi connectivity index (χ4v) is 3.07. The smallest absolute Gasteiger partial charge is 0.0949 e. The lowest BCUT2D eigenvalue weighted by atomic mass is 10.5. The third-order valence-electron chi connectivity index (χ3n) is 6.14. The first-order chi connectivity index (χ1) is 20.4. The second-order valence-electron chi connectivity index (χ2n) is 10.1. The van der Waals surface area contributed by atoms with Gasteiger partial charge in [0.05, 0.1) is 66.1 Å².